The number of aryl methyl sites for hydroxylation is 2. The van der Waals surface area contributed by atoms with Gasteiger partial charge in [0.15, 0.2) is 0 Å². The standard InChI is InChI=1S/C15H17N5O2S/c1-10-3-4-12(9-11(10)2)20-15(16-17-18-20)23-8-7-19-13(21)5-6-14(19)22/h3-4,9H,5-8H2,1-2H3. The lowest BCUT2D eigenvalue weighted by Gasteiger charge is -2.12. The van der Waals surface area contributed by atoms with E-state index in [4.69, 9.17) is 0 Å². The molecule has 1 fully saturated rings. The maximum Gasteiger partial charge on any atom is 0.229 e. The highest BCUT2D eigenvalue weighted by atomic mass is 32.2. The quantitative estimate of drug-likeness (QED) is 0.610. The number of carbonyl (C=O) groups excluding carboxylic acids is 2. The fraction of sp³-hybridized carbons (Fsp3) is 0.400. The van der Waals surface area contributed by atoms with Gasteiger partial charge in [-0.25, -0.2) is 0 Å². The van der Waals surface area contributed by atoms with Gasteiger partial charge in [-0.05, 0) is 47.5 Å². The second kappa shape index (κ2) is 6.49. The zero-order valence-electron chi connectivity index (χ0n) is 13.0. The summed E-state index contributed by atoms with van der Waals surface area (Å²) in [5.74, 6) is 0.386. The summed E-state index contributed by atoms with van der Waals surface area (Å²) in [6.45, 7) is 4.49. The van der Waals surface area contributed by atoms with E-state index in [9.17, 15) is 9.59 Å². The van der Waals surface area contributed by atoms with Crippen LogP contribution in [0, 0.1) is 13.8 Å². The van der Waals surface area contributed by atoms with Gasteiger partial charge in [0, 0.05) is 25.1 Å². The summed E-state index contributed by atoms with van der Waals surface area (Å²) in [4.78, 5) is 24.5. The van der Waals surface area contributed by atoms with E-state index >= 15 is 0 Å². The molecule has 1 aliphatic rings. The first kappa shape index (κ1) is 15.7. The molecule has 3 rings (SSSR count). The SMILES string of the molecule is Cc1ccc(-n2nnnc2SCCN2C(=O)CCC2=O)cc1C. The number of aromatic nitrogens is 4. The van der Waals surface area contributed by atoms with Crippen LogP contribution in [0.3, 0.4) is 0 Å². The molecule has 0 bridgehead atoms. The zero-order valence-corrected chi connectivity index (χ0v) is 13.8. The molecule has 8 heteroatoms. The Hall–Kier alpha value is -2.22. The third-order valence-electron chi connectivity index (χ3n) is 3.88. The van der Waals surface area contributed by atoms with Crippen LogP contribution < -0.4 is 0 Å². The largest absolute Gasteiger partial charge is 0.282 e. The van der Waals surface area contributed by atoms with Crippen LogP contribution in [0.15, 0.2) is 23.4 Å². The molecule has 2 aromatic rings. The second-order valence-electron chi connectivity index (χ2n) is 5.43. The van der Waals surface area contributed by atoms with Gasteiger partial charge in [0.25, 0.3) is 0 Å². The molecule has 0 spiro atoms. The monoisotopic (exact) mass is 331 g/mol. The van der Waals surface area contributed by atoms with Crippen molar-refractivity contribution in [2.24, 2.45) is 0 Å². The molecule has 1 saturated heterocycles. The van der Waals surface area contributed by atoms with Crippen LogP contribution in [0.1, 0.15) is 24.0 Å². The Morgan fingerprint density at radius 1 is 1.13 bits per heavy atom. The summed E-state index contributed by atoms with van der Waals surface area (Å²) in [7, 11) is 0. The summed E-state index contributed by atoms with van der Waals surface area (Å²) < 4.78 is 1.67. The summed E-state index contributed by atoms with van der Waals surface area (Å²) in [6.07, 6.45) is 0.647. The normalized spacial score (nSPS) is 14.8. The first-order valence-electron chi connectivity index (χ1n) is 7.38. The molecule has 120 valence electrons. The highest BCUT2D eigenvalue weighted by molar-refractivity contribution is 7.99. The van der Waals surface area contributed by atoms with Gasteiger partial charge in [-0.2, -0.15) is 4.68 Å². The minimum atomic E-state index is -0.0932. The van der Waals surface area contributed by atoms with Crippen molar-refractivity contribution in [1.29, 1.82) is 0 Å². The predicted octanol–water partition coefficient (Wildman–Crippen LogP) is 1.52. The van der Waals surface area contributed by atoms with Crippen molar-refractivity contribution in [3.05, 3.63) is 29.3 Å². The minimum absolute atomic E-state index is 0.0932. The summed E-state index contributed by atoms with van der Waals surface area (Å²) >= 11 is 1.43. The molecule has 2 heterocycles. The van der Waals surface area contributed by atoms with Gasteiger partial charge in [0.1, 0.15) is 0 Å². The number of tetrazole rings is 1. The van der Waals surface area contributed by atoms with Crippen molar-refractivity contribution in [3.63, 3.8) is 0 Å². The number of likely N-dealkylation sites (tertiary alicyclic amines) is 1. The molecule has 0 N–H and O–H groups in total. The number of benzene rings is 1. The van der Waals surface area contributed by atoms with Crippen molar-refractivity contribution in [2.45, 2.75) is 31.8 Å². The van der Waals surface area contributed by atoms with Gasteiger partial charge in [0.05, 0.1) is 5.69 Å². The van der Waals surface area contributed by atoms with E-state index < -0.39 is 0 Å². The number of thioether (sulfide) groups is 1. The molecule has 0 unspecified atom stereocenters. The Morgan fingerprint density at radius 2 is 1.87 bits per heavy atom. The maximum absolute atomic E-state index is 11.6. The lowest BCUT2D eigenvalue weighted by Crippen LogP contribution is -2.31. The molecular formula is C15H17N5O2S. The van der Waals surface area contributed by atoms with E-state index in [2.05, 4.69) is 22.4 Å². The second-order valence-corrected chi connectivity index (χ2v) is 6.49. The maximum atomic E-state index is 11.6. The van der Waals surface area contributed by atoms with Crippen LogP contribution in [0.2, 0.25) is 0 Å². The molecule has 0 aliphatic carbocycles. The molecule has 1 aliphatic heterocycles. The topological polar surface area (TPSA) is 81.0 Å². The highest BCUT2D eigenvalue weighted by Crippen LogP contribution is 2.21. The third kappa shape index (κ3) is 3.26. The van der Waals surface area contributed by atoms with Crippen LogP contribution in [-0.2, 0) is 9.59 Å². The van der Waals surface area contributed by atoms with Crippen LogP contribution in [-0.4, -0.2) is 49.2 Å². The fourth-order valence-electron chi connectivity index (χ4n) is 2.39. The van der Waals surface area contributed by atoms with Crippen molar-refractivity contribution in [3.8, 4) is 5.69 Å². The van der Waals surface area contributed by atoms with Gasteiger partial charge >= 0.3 is 0 Å². The lowest BCUT2D eigenvalue weighted by molar-refractivity contribution is -0.137. The fourth-order valence-corrected chi connectivity index (χ4v) is 3.20. The van der Waals surface area contributed by atoms with Gasteiger partial charge in [0.2, 0.25) is 17.0 Å². The van der Waals surface area contributed by atoms with E-state index in [1.165, 1.54) is 27.8 Å². The number of hydrogen-bond donors (Lipinski definition) is 0. The number of rotatable bonds is 5. The predicted molar refractivity (Wildman–Crippen MR) is 85.3 cm³/mol. The van der Waals surface area contributed by atoms with Crippen molar-refractivity contribution in [1.82, 2.24) is 25.1 Å². The van der Waals surface area contributed by atoms with Crippen molar-refractivity contribution < 1.29 is 9.59 Å². The summed E-state index contributed by atoms with van der Waals surface area (Å²) in [6, 6.07) is 6.03. The van der Waals surface area contributed by atoms with Gasteiger partial charge in [-0.15, -0.1) is 5.10 Å². The molecule has 0 radical (unpaired) electrons. The van der Waals surface area contributed by atoms with Crippen LogP contribution >= 0.6 is 11.8 Å². The smallest absolute Gasteiger partial charge is 0.229 e. The average molecular weight is 331 g/mol. The van der Waals surface area contributed by atoms with E-state index in [0.717, 1.165) is 5.69 Å². The summed E-state index contributed by atoms with van der Waals surface area (Å²) in [5.41, 5.74) is 3.28. The van der Waals surface area contributed by atoms with E-state index in [-0.39, 0.29) is 11.8 Å². The lowest BCUT2D eigenvalue weighted by atomic mass is 10.1. The molecule has 23 heavy (non-hydrogen) atoms. The van der Waals surface area contributed by atoms with Crippen LogP contribution in [0.4, 0.5) is 0 Å². The minimum Gasteiger partial charge on any atom is -0.282 e. The molecule has 1 aromatic carbocycles. The van der Waals surface area contributed by atoms with Gasteiger partial charge in [-0.1, -0.05) is 17.8 Å². The molecular weight excluding hydrogens is 314 g/mol. The molecule has 0 saturated carbocycles. The third-order valence-corrected chi connectivity index (χ3v) is 4.78. The van der Waals surface area contributed by atoms with Crippen molar-refractivity contribution in [2.75, 3.05) is 12.3 Å². The Balaban J connectivity index is 1.68. The Labute approximate surface area is 138 Å². The molecule has 2 amide bonds. The van der Waals surface area contributed by atoms with Crippen molar-refractivity contribution >= 4 is 23.6 Å². The number of carbonyl (C=O) groups is 2. The van der Waals surface area contributed by atoms with E-state index in [1.54, 1.807) is 4.68 Å². The van der Waals surface area contributed by atoms with E-state index in [0.29, 0.717) is 30.3 Å². The first-order chi connectivity index (χ1) is 11.1. The van der Waals surface area contributed by atoms with E-state index in [1.807, 2.05) is 25.1 Å². The number of nitrogens with zero attached hydrogens (tertiary/aromatic N) is 5. The Kier molecular flexibility index (Phi) is 4.42. The molecule has 7 nitrogen and oxygen atoms in total. The number of imide groups is 1. The summed E-state index contributed by atoms with van der Waals surface area (Å²) in [5, 5.41) is 12.4. The van der Waals surface area contributed by atoms with Gasteiger partial charge < -0.3 is 0 Å². The molecule has 1 aromatic heterocycles. The average Bonchev–Trinajstić information content (AvgIpc) is 3.11. The highest BCUT2D eigenvalue weighted by Gasteiger charge is 2.28. The zero-order chi connectivity index (χ0) is 16.4. The van der Waals surface area contributed by atoms with Crippen LogP contribution in [0.5, 0.6) is 0 Å². The Bertz CT molecular complexity index is 742. The van der Waals surface area contributed by atoms with Crippen LogP contribution in [0.25, 0.3) is 5.69 Å². The first-order valence-corrected chi connectivity index (χ1v) is 8.37. The van der Waals surface area contributed by atoms with Gasteiger partial charge in [-0.3, -0.25) is 14.5 Å². The number of amides is 2. The number of hydrogen-bond acceptors (Lipinski definition) is 6. The Morgan fingerprint density at radius 3 is 2.57 bits per heavy atom. The molecule has 0 atom stereocenters.